The third kappa shape index (κ3) is 3.96. The van der Waals surface area contributed by atoms with Gasteiger partial charge in [0, 0.05) is 30.2 Å². The molecule has 0 aliphatic heterocycles. The van der Waals surface area contributed by atoms with Crippen LogP contribution in [0.1, 0.15) is 35.9 Å². The van der Waals surface area contributed by atoms with Crippen LogP contribution in [-0.4, -0.2) is 50.8 Å². The first-order valence-electron chi connectivity index (χ1n) is 10.2. The maximum absolute atomic E-state index is 13.0. The van der Waals surface area contributed by atoms with Crippen molar-refractivity contribution < 1.29 is 9.21 Å². The molecule has 0 unspecified atom stereocenters. The van der Waals surface area contributed by atoms with Gasteiger partial charge in [0.15, 0.2) is 11.2 Å². The van der Waals surface area contributed by atoms with Gasteiger partial charge in [-0.3, -0.25) is 9.36 Å². The van der Waals surface area contributed by atoms with Crippen molar-refractivity contribution in [3.63, 3.8) is 0 Å². The van der Waals surface area contributed by atoms with Gasteiger partial charge in [-0.2, -0.15) is 5.10 Å². The molecule has 3 aromatic heterocycles. The van der Waals surface area contributed by atoms with E-state index in [1.165, 1.54) is 0 Å². The number of aryl methyl sites for hydroxylation is 1. The molecule has 9 heteroatoms. The Labute approximate surface area is 179 Å². The number of hydrogen-bond acceptors (Lipinski definition) is 6. The summed E-state index contributed by atoms with van der Waals surface area (Å²) < 4.78 is 8.73. The Bertz CT molecular complexity index is 1330. The molecule has 1 amide bonds. The van der Waals surface area contributed by atoms with Gasteiger partial charge in [-0.05, 0) is 59.1 Å². The summed E-state index contributed by atoms with van der Waals surface area (Å²) in [5, 5.41) is 8.10. The van der Waals surface area contributed by atoms with Crippen LogP contribution in [0.4, 0.5) is 5.69 Å². The third-order valence-electron chi connectivity index (χ3n) is 5.19. The van der Waals surface area contributed by atoms with E-state index >= 15 is 0 Å². The highest BCUT2D eigenvalue weighted by atomic mass is 16.4. The molecule has 31 heavy (non-hydrogen) atoms. The summed E-state index contributed by atoms with van der Waals surface area (Å²) in [5.74, 6) is -0.679. The molecule has 0 bridgehead atoms. The lowest BCUT2D eigenvalue weighted by molar-refractivity contribution is 0.102. The predicted molar refractivity (Wildman–Crippen MR) is 120 cm³/mol. The van der Waals surface area contributed by atoms with Crippen LogP contribution in [0.2, 0.25) is 0 Å². The van der Waals surface area contributed by atoms with Gasteiger partial charge in [-0.25, -0.2) is 14.5 Å². The van der Waals surface area contributed by atoms with Crippen molar-refractivity contribution in [1.82, 2.24) is 24.2 Å². The van der Waals surface area contributed by atoms with Crippen molar-refractivity contribution in [3.05, 3.63) is 52.3 Å². The van der Waals surface area contributed by atoms with Crippen molar-refractivity contribution in [2.75, 3.05) is 26.0 Å². The van der Waals surface area contributed by atoms with Gasteiger partial charge in [-0.1, -0.05) is 0 Å². The molecule has 0 saturated heterocycles. The van der Waals surface area contributed by atoms with Gasteiger partial charge in [0.25, 0.3) is 5.91 Å². The Morgan fingerprint density at radius 1 is 1.26 bits per heavy atom. The average molecular weight is 422 g/mol. The minimum atomic E-state index is -0.409. The zero-order valence-electron chi connectivity index (χ0n) is 18.3. The molecule has 0 fully saturated rings. The Kier molecular flexibility index (Phi) is 5.36. The van der Waals surface area contributed by atoms with Crippen molar-refractivity contribution in [1.29, 1.82) is 0 Å². The fourth-order valence-electron chi connectivity index (χ4n) is 3.52. The number of carbonyl (C=O) groups is 1. The summed E-state index contributed by atoms with van der Waals surface area (Å²) in [6.45, 7) is 7.07. The first kappa shape index (κ1) is 20.8. The predicted octanol–water partition coefficient (Wildman–Crippen LogP) is 3.04. The molecule has 4 rings (SSSR count). The van der Waals surface area contributed by atoms with E-state index in [0.29, 0.717) is 41.1 Å². The van der Waals surface area contributed by atoms with E-state index in [9.17, 15) is 9.59 Å². The number of oxazole rings is 1. The minimum absolute atomic E-state index is 0.177. The van der Waals surface area contributed by atoms with Crippen molar-refractivity contribution in [3.8, 4) is 0 Å². The molecular formula is C22H26N6O3. The Hall–Kier alpha value is -3.46. The van der Waals surface area contributed by atoms with Crippen LogP contribution >= 0.6 is 0 Å². The fraction of sp³-hybridized carbons (Fsp3) is 0.364. The van der Waals surface area contributed by atoms with Crippen LogP contribution in [0.15, 0.2) is 39.7 Å². The highest BCUT2D eigenvalue weighted by Crippen LogP contribution is 2.22. The van der Waals surface area contributed by atoms with Crippen LogP contribution in [-0.2, 0) is 6.54 Å². The number of nitrogens with one attached hydrogen (secondary N) is 1. The number of fused-ring (bicyclic) bond motifs is 2. The molecule has 0 radical (unpaired) electrons. The van der Waals surface area contributed by atoms with E-state index in [-0.39, 0.29) is 11.9 Å². The average Bonchev–Trinajstić information content (AvgIpc) is 3.25. The normalized spacial score (nSPS) is 11.8. The highest BCUT2D eigenvalue weighted by molar-refractivity contribution is 6.07. The second-order valence-corrected chi connectivity index (χ2v) is 8.18. The molecule has 0 aliphatic carbocycles. The van der Waals surface area contributed by atoms with Crippen LogP contribution in [0, 0.1) is 6.92 Å². The Morgan fingerprint density at radius 3 is 2.74 bits per heavy atom. The molecule has 1 N–H and O–H groups in total. The number of hydrogen-bond donors (Lipinski definition) is 1. The standard InChI is InChI=1S/C22H26N6O3/c1-13(2)28-20-15(12-23-28)10-17(14(3)24-20)21(29)25-16-6-7-19-18(11-16)27(22(30)31-19)9-8-26(4)5/h6-7,10-13H,8-9H2,1-5H3,(H,25,29). The molecule has 162 valence electrons. The topological polar surface area (TPSA) is 98.2 Å². The van der Waals surface area contributed by atoms with Gasteiger partial charge in [0.05, 0.1) is 23.0 Å². The lowest BCUT2D eigenvalue weighted by Crippen LogP contribution is -2.23. The summed E-state index contributed by atoms with van der Waals surface area (Å²) in [7, 11) is 3.88. The summed E-state index contributed by atoms with van der Waals surface area (Å²) in [6.07, 6.45) is 1.72. The molecule has 0 saturated carbocycles. The first-order valence-corrected chi connectivity index (χ1v) is 10.2. The number of benzene rings is 1. The second kappa shape index (κ2) is 7.99. The van der Waals surface area contributed by atoms with Crippen LogP contribution < -0.4 is 11.1 Å². The lowest BCUT2D eigenvalue weighted by Gasteiger charge is -2.11. The Balaban J connectivity index is 1.64. The van der Waals surface area contributed by atoms with Crippen LogP contribution in [0.3, 0.4) is 0 Å². The van der Waals surface area contributed by atoms with Crippen molar-refractivity contribution in [2.24, 2.45) is 0 Å². The van der Waals surface area contributed by atoms with E-state index in [2.05, 4.69) is 15.4 Å². The highest BCUT2D eigenvalue weighted by Gasteiger charge is 2.17. The molecule has 0 atom stereocenters. The number of pyridine rings is 1. The maximum atomic E-state index is 13.0. The second-order valence-electron chi connectivity index (χ2n) is 8.18. The minimum Gasteiger partial charge on any atom is -0.408 e. The molecule has 0 aliphatic rings. The molecule has 4 aromatic rings. The van der Waals surface area contributed by atoms with Crippen molar-refractivity contribution >= 4 is 33.7 Å². The number of rotatable bonds is 6. The van der Waals surface area contributed by atoms with Gasteiger partial charge in [0.1, 0.15) is 0 Å². The molecule has 3 heterocycles. The molecule has 1 aromatic carbocycles. The van der Waals surface area contributed by atoms with Crippen molar-refractivity contribution in [2.45, 2.75) is 33.4 Å². The number of carbonyl (C=O) groups excluding carboxylic acids is 1. The molecular weight excluding hydrogens is 396 g/mol. The van der Waals surface area contributed by atoms with E-state index < -0.39 is 5.76 Å². The Morgan fingerprint density at radius 2 is 2.03 bits per heavy atom. The van der Waals surface area contributed by atoms with E-state index in [1.807, 2.05) is 50.5 Å². The quantitative estimate of drug-likeness (QED) is 0.513. The van der Waals surface area contributed by atoms with E-state index in [1.54, 1.807) is 29.0 Å². The number of nitrogens with zero attached hydrogens (tertiary/aromatic N) is 5. The first-order chi connectivity index (χ1) is 14.7. The van der Waals surface area contributed by atoms with E-state index in [4.69, 9.17) is 4.42 Å². The van der Waals surface area contributed by atoms with Gasteiger partial charge in [-0.15, -0.1) is 0 Å². The zero-order valence-corrected chi connectivity index (χ0v) is 18.3. The SMILES string of the molecule is Cc1nc2c(cnn2C(C)C)cc1C(=O)Nc1ccc2oc(=O)n(CCN(C)C)c2c1. The number of aromatic nitrogens is 4. The van der Waals surface area contributed by atoms with Crippen LogP contribution in [0.5, 0.6) is 0 Å². The van der Waals surface area contributed by atoms with Gasteiger partial charge < -0.3 is 14.6 Å². The monoisotopic (exact) mass is 422 g/mol. The van der Waals surface area contributed by atoms with Crippen LogP contribution in [0.25, 0.3) is 22.1 Å². The fourth-order valence-corrected chi connectivity index (χ4v) is 3.52. The number of anilines is 1. The molecule has 0 spiro atoms. The summed E-state index contributed by atoms with van der Waals surface area (Å²) in [5.41, 5.74) is 3.58. The van der Waals surface area contributed by atoms with E-state index in [0.717, 1.165) is 11.0 Å². The lowest BCUT2D eigenvalue weighted by atomic mass is 10.1. The summed E-state index contributed by atoms with van der Waals surface area (Å²) >= 11 is 0. The summed E-state index contributed by atoms with van der Waals surface area (Å²) in [4.78, 5) is 31.8. The summed E-state index contributed by atoms with van der Waals surface area (Å²) in [6, 6.07) is 7.15. The van der Waals surface area contributed by atoms with Gasteiger partial charge >= 0.3 is 5.76 Å². The zero-order chi connectivity index (χ0) is 22.3. The largest absolute Gasteiger partial charge is 0.419 e. The maximum Gasteiger partial charge on any atom is 0.419 e. The smallest absolute Gasteiger partial charge is 0.408 e. The number of likely N-dealkylation sites (N-methyl/N-ethyl adjacent to an activating group) is 1. The third-order valence-corrected chi connectivity index (χ3v) is 5.19. The van der Waals surface area contributed by atoms with Gasteiger partial charge in [0.2, 0.25) is 0 Å². The number of amides is 1. The molecule has 9 nitrogen and oxygen atoms in total.